The maximum atomic E-state index is 11.4. The topological polar surface area (TPSA) is 60.9 Å². The van der Waals surface area contributed by atoms with Gasteiger partial charge in [0.1, 0.15) is 9.84 Å². The van der Waals surface area contributed by atoms with Gasteiger partial charge >= 0.3 is 0 Å². The second-order valence-corrected chi connectivity index (χ2v) is 8.85. The Morgan fingerprint density at radius 2 is 1.90 bits per heavy atom. The molecule has 6 heteroatoms. The van der Waals surface area contributed by atoms with Crippen molar-refractivity contribution in [3.63, 3.8) is 0 Å². The molecule has 0 aromatic carbocycles. The van der Waals surface area contributed by atoms with Crippen LogP contribution in [0.1, 0.15) is 33.6 Å². The number of aliphatic hydroxyl groups excluding tert-OH is 1. The highest BCUT2D eigenvalue weighted by atomic mass is 32.2. The zero-order valence-corrected chi connectivity index (χ0v) is 14.8. The van der Waals surface area contributed by atoms with Gasteiger partial charge in [-0.05, 0) is 45.3 Å². The van der Waals surface area contributed by atoms with Crippen molar-refractivity contribution in [2.75, 3.05) is 44.7 Å². The molecular weight excluding hydrogens is 288 g/mol. The van der Waals surface area contributed by atoms with Gasteiger partial charge in [-0.15, -0.1) is 0 Å². The molecule has 0 saturated carbocycles. The Morgan fingerprint density at radius 3 is 2.38 bits per heavy atom. The molecule has 2 unspecified atom stereocenters. The lowest BCUT2D eigenvalue weighted by Crippen LogP contribution is -2.46. The van der Waals surface area contributed by atoms with E-state index >= 15 is 0 Å². The second kappa shape index (κ2) is 8.46. The third-order valence-corrected chi connectivity index (χ3v) is 5.45. The van der Waals surface area contributed by atoms with E-state index in [2.05, 4.69) is 16.7 Å². The molecule has 0 aliphatic carbocycles. The van der Waals surface area contributed by atoms with Crippen molar-refractivity contribution < 1.29 is 13.5 Å². The van der Waals surface area contributed by atoms with Crippen LogP contribution in [0.5, 0.6) is 0 Å². The average Bonchev–Trinajstić information content (AvgIpc) is 2.36. The van der Waals surface area contributed by atoms with Gasteiger partial charge in [0.05, 0.1) is 11.9 Å². The summed E-state index contributed by atoms with van der Waals surface area (Å²) in [6.45, 7) is 10.3. The highest BCUT2D eigenvalue weighted by Gasteiger charge is 2.22. The van der Waals surface area contributed by atoms with Crippen LogP contribution < -0.4 is 0 Å². The molecule has 21 heavy (non-hydrogen) atoms. The number of rotatable bonds is 8. The molecule has 2 atom stereocenters. The van der Waals surface area contributed by atoms with E-state index < -0.39 is 15.9 Å². The van der Waals surface area contributed by atoms with Crippen LogP contribution in [0, 0.1) is 5.92 Å². The summed E-state index contributed by atoms with van der Waals surface area (Å²) < 4.78 is 22.8. The molecule has 1 aliphatic rings. The molecule has 0 aromatic heterocycles. The fraction of sp³-hybridized carbons (Fsp3) is 1.00. The number of piperidine rings is 1. The van der Waals surface area contributed by atoms with E-state index in [9.17, 15) is 13.5 Å². The summed E-state index contributed by atoms with van der Waals surface area (Å²) in [6, 6.07) is -0.0546. The lowest BCUT2D eigenvalue weighted by atomic mass is 9.99. The van der Waals surface area contributed by atoms with Gasteiger partial charge in [-0.25, -0.2) is 8.42 Å². The molecule has 5 nitrogen and oxygen atoms in total. The Balaban J connectivity index is 2.41. The van der Waals surface area contributed by atoms with E-state index in [-0.39, 0.29) is 11.8 Å². The van der Waals surface area contributed by atoms with Crippen molar-refractivity contribution in [3.05, 3.63) is 0 Å². The highest BCUT2D eigenvalue weighted by molar-refractivity contribution is 7.90. The fourth-order valence-electron chi connectivity index (χ4n) is 3.04. The van der Waals surface area contributed by atoms with Crippen LogP contribution in [0.15, 0.2) is 0 Å². The van der Waals surface area contributed by atoms with E-state index in [0.29, 0.717) is 13.1 Å². The molecule has 126 valence electrons. The van der Waals surface area contributed by atoms with Crippen LogP contribution in [0.4, 0.5) is 0 Å². The van der Waals surface area contributed by atoms with Crippen molar-refractivity contribution in [2.45, 2.75) is 45.8 Å². The van der Waals surface area contributed by atoms with Crippen molar-refractivity contribution in [2.24, 2.45) is 5.92 Å². The van der Waals surface area contributed by atoms with Crippen LogP contribution in [-0.2, 0) is 9.84 Å². The first kappa shape index (κ1) is 18.9. The smallest absolute Gasteiger partial charge is 0.148 e. The summed E-state index contributed by atoms with van der Waals surface area (Å²) in [5.74, 6) is 0.940. The predicted octanol–water partition coefficient (Wildman–Crippen LogP) is 0.834. The Bertz CT molecular complexity index is 392. The van der Waals surface area contributed by atoms with Gasteiger partial charge in [-0.2, -0.15) is 0 Å². The third-order valence-electron chi connectivity index (χ3n) is 4.36. The minimum Gasteiger partial charge on any atom is -0.390 e. The molecule has 0 aromatic rings. The summed E-state index contributed by atoms with van der Waals surface area (Å²) in [5.41, 5.74) is 0. The first-order chi connectivity index (χ1) is 9.71. The maximum absolute atomic E-state index is 11.4. The number of hydrogen-bond donors (Lipinski definition) is 1. The third kappa shape index (κ3) is 7.58. The molecule has 1 saturated heterocycles. The van der Waals surface area contributed by atoms with Gasteiger partial charge < -0.3 is 10.0 Å². The molecular formula is C15H32N2O3S. The van der Waals surface area contributed by atoms with Gasteiger partial charge in [0.2, 0.25) is 0 Å². The zero-order valence-electron chi connectivity index (χ0n) is 14.0. The minimum absolute atomic E-state index is 0.0546. The van der Waals surface area contributed by atoms with Crippen molar-refractivity contribution in [1.82, 2.24) is 9.80 Å². The summed E-state index contributed by atoms with van der Waals surface area (Å²) >= 11 is 0. The number of likely N-dealkylation sites (tertiary alicyclic amines) is 1. The quantitative estimate of drug-likeness (QED) is 0.718. The molecule has 1 aliphatic heterocycles. The normalized spacial score (nSPS) is 21.6. The van der Waals surface area contributed by atoms with Gasteiger partial charge in [0, 0.05) is 25.4 Å². The van der Waals surface area contributed by atoms with Crippen LogP contribution in [0.2, 0.25) is 0 Å². The Kier molecular flexibility index (Phi) is 7.60. The van der Waals surface area contributed by atoms with E-state index in [4.69, 9.17) is 0 Å². The Morgan fingerprint density at radius 1 is 1.33 bits per heavy atom. The van der Waals surface area contributed by atoms with E-state index in [1.54, 1.807) is 0 Å². The second-order valence-electron chi connectivity index (χ2n) is 6.67. The highest BCUT2D eigenvalue weighted by Crippen LogP contribution is 2.16. The SMILES string of the molecule is CCN(CC(O)CN1CCC(C)CC1)C(C)CS(C)(=O)=O. The Hall–Kier alpha value is -0.170. The summed E-state index contributed by atoms with van der Waals surface area (Å²) in [6.07, 6.45) is 3.26. The van der Waals surface area contributed by atoms with Crippen molar-refractivity contribution in [1.29, 1.82) is 0 Å². The molecule has 0 amide bonds. The lowest BCUT2D eigenvalue weighted by molar-refractivity contribution is 0.0545. The maximum Gasteiger partial charge on any atom is 0.148 e. The summed E-state index contributed by atoms with van der Waals surface area (Å²) in [5, 5.41) is 10.3. The van der Waals surface area contributed by atoms with Crippen LogP contribution >= 0.6 is 0 Å². The van der Waals surface area contributed by atoms with Gasteiger partial charge in [-0.1, -0.05) is 13.8 Å². The monoisotopic (exact) mass is 320 g/mol. The van der Waals surface area contributed by atoms with Crippen LogP contribution in [0.25, 0.3) is 0 Å². The molecule has 1 fully saturated rings. The molecule has 0 bridgehead atoms. The molecule has 0 radical (unpaired) electrons. The minimum atomic E-state index is -2.98. The number of hydrogen-bond acceptors (Lipinski definition) is 5. The largest absolute Gasteiger partial charge is 0.390 e. The predicted molar refractivity (Wildman–Crippen MR) is 87.3 cm³/mol. The summed E-state index contributed by atoms with van der Waals surface area (Å²) in [7, 11) is -2.98. The number of likely N-dealkylation sites (N-methyl/N-ethyl adjacent to an activating group) is 1. The molecule has 1 heterocycles. The number of sulfone groups is 1. The fourth-order valence-corrected chi connectivity index (χ4v) is 4.12. The Labute approximate surface area is 130 Å². The van der Waals surface area contributed by atoms with Crippen LogP contribution in [-0.4, -0.2) is 80.2 Å². The van der Waals surface area contributed by atoms with Gasteiger partial charge in [0.25, 0.3) is 0 Å². The van der Waals surface area contributed by atoms with E-state index in [1.807, 2.05) is 13.8 Å². The van der Waals surface area contributed by atoms with Crippen molar-refractivity contribution in [3.8, 4) is 0 Å². The van der Waals surface area contributed by atoms with Gasteiger partial charge in [-0.3, -0.25) is 4.90 Å². The average molecular weight is 320 g/mol. The first-order valence-corrected chi connectivity index (χ1v) is 10.1. The molecule has 0 spiro atoms. The summed E-state index contributed by atoms with van der Waals surface area (Å²) in [4.78, 5) is 4.37. The number of β-amino-alcohol motifs (C(OH)–C–C–N with tert-alkyl or cyclic N) is 1. The lowest BCUT2D eigenvalue weighted by Gasteiger charge is -2.34. The zero-order chi connectivity index (χ0) is 16.0. The van der Waals surface area contributed by atoms with E-state index in [1.165, 1.54) is 19.1 Å². The number of aliphatic hydroxyl groups is 1. The molecule has 1 rings (SSSR count). The van der Waals surface area contributed by atoms with Crippen molar-refractivity contribution >= 4 is 9.84 Å². The first-order valence-electron chi connectivity index (χ1n) is 8.03. The van der Waals surface area contributed by atoms with Gasteiger partial charge in [0.15, 0.2) is 0 Å². The number of nitrogens with zero attached hydrogens (tertiary/aromatic N) is 2. The molecule has 1 N–H and O–H groups in total. The van der Waals surface area contributed by atoms with Crippen LogP contribution in [0.3, 0.4) is 0 Å². The van der Waals surface area contributed by atoms with E-state index in [0.717, 1.165) is 25.6 Å². The standard InChI is InChI=1S/C15H32N2O3S/c1-5-17(14(3)12-21(4,19)20)11-15(18)10-16-8-6-13(2)7-9-16/h13-15,18H,5-12H2,1-4H3.